The Morgan fingerprint density at radius 2 is 2.38 bits per heavy atom. The summed E-state index contributed by atoms with van der Waals surface area (Å²) in [6.45, 7) is 3.93. The Morgan fingerprint density at radius 1 is 1.62 bits per heavy atom. The van der Waals surface area contributed by atoms with Crippen LogP contribution in [0.4, 0.5) is 0 Å². The van der Waals surface area contributed by atoms with Crippen LogP contribution in [0, 0.1) is 5.92 Å². The van der Waals surface area contributed by atoms with Gasteiger partial charge in [-0.15, -0.1) is 0 Å². The van der Waals surface area contributed by atoms with Gasteiger partial charge in [0, 0.05) is 5.92 Å². The maximum atomic E-state index is 11.3. The monoisotopic (exact) mass is 180 g/mol. The minimum absolute atomic E-state index is 0.264. The Morgan fingerprint density at radius 3 is 3.00 bits per heavy atom. The number of allylic oxidation sites excluding steroid dienone is 2. The number of Topliss-reactive ketones (excluding diaryl/α,β-unsaturated/α-hetero) is 1. The minimum atomic E-state index is 0.264. The van der Waals surface area contributed by atoms with E-state index in [0.29, 0.717) is 5.78 Å². The van der Waals surface area contributed by atoms with Crippen molar-refractivity contribution in [1.29, 1.82) is 0 Å². The Bertz CT molecular complexity index is 203. The lowest BCUT2D eigenvalue weighted by atomic mass is 9.83. The number of carbonyl (C=O) groups excluding carboxylic acids is 1. The van der Waals surface area contributed by atoms with Gasteiger partial charge in [-0.25, -0.2) is 0 Å². The van der Waals surface area contributed by atoms with E-state index in [0.717, 1.165) is 12.8 Å². The quantitative estimate of drug-likeness (QED) is 0.605. The molecule has 1 nitrogen and oxygen atoms in total. The fraction of sp³-hybridized carbons (Fsp3) is 0.750. The van der Waals surface area contributed by atoms with E-state index >= 15 is 0 Å². The molecule has 0 amide bonds. The molecule has 0 saturated carbocycles. The summed E-state index contributed by atoms with van der Waals surface area (Å²) in [6, 6.07) is 0. The summed E-state index contributed by atoms with van der Waals surface area (Å²) in [5.74, 6) is 0.627. The van der Waals surface area contributed by atoms with Crippen LogP contribution in [0.1, 0.15) is 52.4 Å². The van der Waals surface area contributed by atoms with Gasteiger partial charge in [-0.3, -0.25) is 4.79 Å². The molecule has 74 valence electrons. The molecule has 0 heterocycles. The third-order valence-corrected chi connectivity index (χ3v) is 2.86. The second-order valence-electron chi connectivity index (χ2n) is 3.98. The summed E-state index contributed by atoms with van der Waals surface area (Å²) < 4.78 is 0. The molecule has 1 atom stereocenters. The van der Waals surface area contributed by atoms with Crippen LogP contribution < -0.4 is 0 Å². The molecule has 1 heteroatoms. The van der Waals surface area contributed by atoms with Gasteiger partial charge in [0.25, 0.3) is 0 Å². The van der Waals surface area contributed by atoms with Crippen molar-refractivity contribution in [3.63, 3.8) is 0 Å². The molecule has 0 saturated heterocycles. The van der Waals surface area contributed by atoms with E-state index in [9.17, 15) is 4.79 Å². The largest absolute Gasteiger partial charge is 0.299 e. The van der Waals surface area contributed by atoms with Crippen LogP contribution in [0.3, 0.4) is 0 Å². The first kappa shape index (κ1) is 10.5. The zero-order valence-corrected chi connectivity index (χ0v) is 8.81. The fourth-order valence-electron chi connectivity index (χ4n) is 2.06. The van der Waals surface area contributed by atoms with Gasteiger partial charge in [0.2, 0.25) is 0 Å². The first-order valence-corrected chi connectivity index (χ1v) is 5.45. The van der Waals surface area contributed by atoms with Crippen molar-refractivity contribution in [1.82, 2.24) is 0 Å². The van der Waals surface area contributed by atoms with Gasteiger partial charge in [0.1, 0.15) is 5.78 Å². The van der Waals surface area contributed by atoms with Crippen LogP contribution >= 0.6 is 0 Å². The van der Waals surface area contributed by atoms with Crippen molar-refractivity contribution in [2.45, 2.75) is 52.4 Å². The molecular formula is C12H20O. The molecule has 0 fully saturated rings. The van der Waals surface area contributed by atoms with Crippen LogP contribution in [0.5, 0.6) is 0 Å². The third kappa shape index (κ3) is 2.98. The fourth-order valence-corrected chi connectivity index (χ4v) is 2.06. The van der Waals surface area contributed by atoms with E-state index in [1.807, 2.05) is 0 Å². The van der Waals surface area contributed by atoms with Crippen molar-refractivity contribution in [2.24, 2.45) is 5.92 Å². The topological polar surface area (TPSA) is 17.1 Å². The Kier molecular flexibility index (Phi) is 4.20. The van der Waals surface area contributed by atoms with Gasteiger partial charge in [-0.05, 0) is 39.0 Å². The predicted molar refractivity (Wildman–Crippen MR) is 55.6 cm³/mol. The van der Waals surface area contributed by atoms with E-state index < -0.39 is 0 Å². The van der Waals surface area contributed by atoms with E-state index in [4.69, 9.17) is 0 Å². The molecule has 1 rings (SSSR count). The van der Waals surface area contributed by atoms with Crippen LogP contribution in [-0.2, 0) is 4.79 Å². The number of ketones is 1. The highest BCUT2D eigenvalue weighted by Crippen LogP contribution is 2.28. The summed E-state index contributed by atoms with van der Waals surface area (Å²) >= 11 is 0. The maximum Gasteiger partial charge on any atom is 0.136 e. The van der Waals surface area contributed by atoms with Gasteiger partial charge in [-0.2, -0.15) is 0 Å². The highest BCUT2D eigenvalue weighted by Gasteiger charge is 2.20. The standard InChI is InChI=1S/C12H20O/c1-3-4-7-11-8-5-6-9-12(11)10(2)13/h8,12H,3-7,9H2,1-2H3. The number of unbranched alkanes of at least 4 members (excludes halogenated alkanes) is 1. The minimum Gasteiger partial charge on any atom is -0.299 e. The van der Waals surface area contributed by atoms with Gasteiger partial charge >= 0.3 is 0 Å². The average molecular weight is 180 g/mol. The molecule has 0 N–H and O–H groups in total. The van der Waals surface area contributed by atoms with Crippen molar-refractivity contribution < 1.29 is 4.79 Å². The SMILES string of the molecule is CCCCC1=CCCCC1C(C)=O. The molecule has 0 radical (unpaired) electrons. The van der Waals surface area contributed by atoms with Gasteiger partial charge in [0.15, 0.2) is 0 Å². The van der Waals surface area contributed by atoms with Crippen molar-refractivity contribution in [3.05, 3.63) is 11.6 Å². The second-order valence-corrected chi connectivity index (χ2v) is 3.98. The molecule has 0 aromatic heterocycles. The normalized spacial score (nSPS) is 22.6. The lowest BCUT2D eigenvalue weighted by Crippen LogP contribution is -2.16. The van der Waals surface area contributed by atoms with E-state index in [-0.39, 0.29) is 5.92 Å². The van der Waals surface area contributed by atoms with Crippen LogP contribution in [0.2, 0.25) is 0 Å². The summed E-state index contributed by atoms with van der Waals surface area (Å²) in [7, 11) is 0. The van der Waals surface area contributed by atoms with E-state index in [1.165, 1.54) is 31.3 Å². The summed E-state index contributed by atoms with van der Waals surface area (Å²) in [5, 5.41) is 0. The third-order valence-electron chi connectivity index (χ3n) is 2.86. The number of hydrogen-bond acceptors (Lipinski definition) is 1. The van der Waals surface area contributed by atoms with Crippen LogP contribution in [-0.4, -0.2) is 5.78 Å². The highest BCUT2D eigenvalue weighted by atomic mass is 16.1. The van der Waals surface area contributed by atoms with Gasteiger partial charge in [-0.1, -0.05) is 25.0 Å². The zero-order chi connectivity index (χ0) is 9.68. The first-order chi connectivity index (χ1) is 6.25. The molecule has 13 heavy (non-hydrogen) atoms. The second kappa shape index (κ2) is 5.21. The van der Waals surface area contributed by atoms with Crippen LogP contribution in [0.15, 0.2) is 11.6 Å². The number of carbonyl (C=O) groups is 1. The van der Waals surface area contributed by atoms with Gasteiger partial charge in [0.05, 0.1) is 0 Å². The Hall–Kier alpha value is -0.590. The van der Waals surface area contributed by atoms with Crippen molar-refractivity contribution >= 4 is 5.78 Å². The summed E-state index contributed by atoms with van der Waals surface area (Å²) in [5.41, 5.74) is 1.42. The maximum absolute atomic E-state index is 11.3. The molecule has 0 spiro atoms. The molecule has 0 aromatic rings. The van der Waals surface area contributed by atoms with E-state index in [2.05, 4.69) is 13.0 Å². The van der Waals surface area contributed by atoms with Crippen LogP contribution in [0.25, 0.3) is 0 Å². The molecule has 0 aliphatic heterocycles. The molecule has 0 bridgehead atoms. The average Bonchev–Trinajstić information content (AvgIpc) is 2.15. The molecule has 1 aliphatic carbocycles. The van der Waals surface area contributed by atoms with Crippen molar-refractivity contribution in [2.75, 3.05) is 0 Å². The highest BCUT2D eigenvalue weighted by molar-refractivity contribution is 5.81. The summed E-state index contributed by atoms with van der Waals surface area (Å²) in [6.07, 6.45) is 9.36. The van der Waals surface area contributed by atoms with Gasteiger partial charge < -0.3 is 0 Å². The molecule has 0 aromatic carbocycles. The number of hydrogen-bond donors (Lipinski definition) is 0. The molecule has 1 aliphatic rings. The number of rotatable bonds is 4. The Labute approximate surface area is 81.2 Å². The summed E-state index contributed by atoms with van der Waals surface area (Å²) in [4.78, 5) is 11.3. The predicted octanol–water partition coefficient (Wildman–Crippen LogP) is 3.49. The first-order valence-electron chi connectivity index (χ1n) is 5.45. The smallest absolute Gasteiger partial charge is 0.136 e. The van der Waals surface area contributed by atoms with Crippen molar-refractivity contribution in [3.8, 4) is 0 Å². The lowest BCUT2D eigenvalue weighted by molar-refractivity contribution is -0.120. The molecular weight excluding hydrogens is 160 g/mol. The zero-order valence-electron chi connectivity index (χ0n) is 8.81. The lowest BCUT2D eigenvalue weighted by Gasteiger charge is -2.21. The molecule has 1 unspecified atom stereocenters. The van der Waals surface area contributed by atoms with E-state index in [1.54, 1.807) is 6.92 Å². The Balaban J connectivity index is 2.55.